The van der Waals surface area contributed by atoms with Gasteiger partial charge in [-0.05, 0) is 32.4 Å². The van der Waals surface area contributed by atoms with Gasteiger partial charge < -0.3 is 11.5 Å². The van der Waals surface area contributed by atoms with Crippen molar-refractivity contribution >= 4 is 10.1 Å². The summed E-state index contributed by atoms with van der Waals surface area (Å²) in [5.74, 6) is 0. The fraction of sp³-hybridized carbons (Fsp3) is 1.00. The van der Waals surface area contributed by atoms with Crippen molar-refractivity contribution in [1.29, 1.82) is 0 Å². The van der Waals surface area contributed by atoms with Gasteiger partial charge in [0, 0.05) is 0 Å². The van der Waals surface area contributed by atoms with Gasteiger partial charge in [0.15, 0.2) is 0 Å². The van der Waals surface area contributed by atoms with Crippen LogP contribution in [0.2, 0.25) is 0 Å². The summed E-state index contributed by atoms with van der Waals surface area (Å²) in [5.41, 5.74) is 10.5. The Bertz CT molecular complexity index is 216. The topological polar surface area (TPSA) is 106 Å². The monoisotopic (exact) mass is 210 g/mol. The van der Waals surface area contributed by atoms with Gasteiger partial charge in [-0.15, -0.1) is 0 Å². The second-order valence-electron chi connectivity index (χ2n) is 3.00. The maximum atomic E-state index is 10.8. The maximum Gasteiger partial charge on any atom is 0.267 e. The van der Waals surface area contributed by atoms with Crippen molar-refractivity contribution in [3.63, 3.8) is 0 Å². The molecular formula is C7H18N2O3S. The van der Waals surface area contributed by atoms with Gasteiger partial charge in [-0.3, -0.25) is 4.55 Å². The Balaban J connectivity index is 3.96. The largest absolute Gasteiger partial charge is 0.330 e. The highest BCUT2D eigenvalue weighted by atomic mass is 32.2. The molecule has 0 aromatic heterocycles. The molecule has 0 aliphatic heterocycles. The first-order valence-electron chi connectivity index (χ1n) is 4.38. The molecule has 0 saturated heterocycles. The Hall–Kier alpha value is -0.170. The molecule has 13 heavy (non-hydrogen) atoms. The molecule has 0 aliphatic rings. The number of unbranched alkanes of at least 4 members (excludes halogenated alkanes) is 1. The van der Waals surface area contributed by atoms with E-state index in [0.29, 0.717) is 25.8 Å². The van der Waals surface area contributed by atoms with Gasteiger partial charge >= 0.3 is 0 Å². The summed E-state index contributed by atoms with van der Waals surface area (Å²) in [6.07, 6.45) is 2.23. The van der Waals surface area contributed by atoms with Crippen LogP contribution in [-0.2, 0) is 10.1 Å². The van der Waals surface area contributed by atoms with Crippen LogP contribution in [-0.4, -0.2) is 31.3 Å². The molecule has 0 amide bonds. The molecular weight excluding hydrogens is 192 g/mol. The van der Waals surface area contributed by atoms with E-state index in [1.165, 1.54) is 0 Å². The van der Waals surface area contributed by atoms with Crippen LogP contribution in [0.15, 0.2) is 0 Å². The Morgan fingerprint density at radius 1 is 1.08 bits per heavy atom. The van der Waals surface area contributed by atoms with Gasteiger partial charge in [-0.1, -0.05) is 6.42 Å². The van der Waals surface area contributed by atoms with Crippen molar-refractivity contribution in [2.45, 2.75) is 30.9 Å². The van der Waals surface area contributed by atoms with E-state index in [-0.39, 0.29) is 6.54 Å². The molecule has 0 aromatic rings. The minimum Gasteiger partial charge on any atom is -0.330 e. The first-order chi connectivity index (χ1) is 6.02. The van der Waals surface area contributed by atoms with Crippen molar-refractivity contribution in [1.82, 2.24) is 0 Å². The van der Waals surface area contributed by atoms with E-state index in [1.54, 1.807) is 0 Å². The molecule has 0 rings (SSSR count). The number of rotatable bonds is 7. The summed E-state index contributed by atoms with van der Waals surface area (Å²) in [4.78, 5) is 0. The van der Waals surface area contributed by atoms with Crippen LogP contribution in [0.25, 0.3) is 0 Å². The van der Waals surface area contributed by atoms with Gasteiger partial charge in [-0.2, -0.15) is 8.42 Å². The predicted molar refractivity (Wildman–Crippen MR) is 51.9 cm³/mol. The van der Waals surface area contributed by atoms with Crippen molar-refractivity contribution in [2.24, 2.45) is 11.5 Å². The lowest BCUT2D eigenvalue weighted by Gasteiger charge is -2.11. The van der Waals surface area contributed by atoms with E-state index in [4.69, 9.17) is 16.0 Å². The van der Waals surface area contributed by atoms with Crippen LogP contribution >= 0.6 is 0 Å². The SMILES string of the molecule is NCCCCC(CCN)S(=O)(=O)O. The zero-order valence-electron chi connectivity index (χ0n) is 7.65. The highest BCUT2D eigenvalue weighted by molar-refractivity contribution is 7.86. The number of hydrogen-bond donors (Lipinski definition) is 3. The molecule has 0 spiro atoms. The van der Waals surface area contributed by atoms with E-state index < -0.39 is 15.4 Å². The number of hydrogen-bond acceptors (Lipinski definition) is 4. The summed E-state index contributed by atoms with van der Waals surface area (Å²) in [5, 5.41) is -0.718. The second kappa shape index (κ2) is 6.31. The van der Waals surface area contributed by atoms with Crippen LogP contribution in [0.5, 0.6) is 0 Å². The molecule has 0 bridgehead atoms. The van der Waals surface area contributed by atoms with E-state index in [0.717, 1.165) is 6.42 Å². The third-order valence-electron chi connectivity index (χ3n) is 1.89. The van der Waals surface area contributed by atoms with Crippen LogP contribution in [0, 0.1) is 0 Å². The molecule has 1 unspecified atom stereocenters. The molecule has 5 N–H and O–H groups in total. The zero-order valence-corrected chi connectivity index (χ0v) is 8.46. The smallest absolute Gasteiger partial charge is 0.267 e. The predicted octanol–water partition coefficient (Wildman–Crippen LogP) is -0.279. The van der Waals surface area contributed by atoms with Crippen molar-refractivity contribution in [3.05, 3.63) is 0 Å². The van der Waals surface area contributed by atoms with Crippen LogP contribution in [0.1, 0.15) is 25.7 Å². The minimum absolute atomic E-state index is 0.271. The molecule has 0 radical (unpaired) electrons. The summed E-state index contributed by atoms with van der Waals surface area (Å²) in [7, 11) is -3.93. The summed E-state index contributed by atoms with van der Waals surface area (Å²) in [6.45, 7) is 0.813. The third kappa shape index (κ3) is 5.98. The van der Waals surface area contributed by atoms with Gasteiger partial charge in [0.05, 0.1) is 5.25 Å². The van der Waals surface area contributed by atoms with E-state index in [9.17, 15) is 8.42 Å². The molecule has 0 aromatic carbocycles. The summed E-state index contributed by atoms with van der Waals surface area (Å²) < 4.78 is 30.4. The van der Waals surface area contributed by atoms with Gasteiger partial charge in [0.2, 0.25) is 0 Å². The summed E-state index contributed by atoms with van der Waals surface area (Å²) >= 11 is 0. The lowest BCUT2D eigenvalue weighted by Crippen LogP contribution is -2.24. The standard InChI is InChI=1S/C7H18N2O3S/c8-5-2-1-3-7(4-6-9)13(10,11)12/h7H,1-6,8-9H2,(H,10,11,12). The van der Waals surface area contributed by atoms with Gasteiger partial charge in [-0.25, -0.2) is 0 Å². The van der Waals surface area contributed by atoms with Crippen molar-refractivity contribution in [2.75, 3.05) is 13.1 Å². The van der Waals surface area contributed by atoms with Crippen LogP contribution < -0.4 is 11.5 Å². The first-order valence-corrected chi connectivity index (χ1v) is 5.89. The molecule has 0 fully saturated rings. The normalized spacial score (nSPS) is 14.4. The lowest BCUT2D eigenvalue weighted by molar-refractivity contribution is 0.452. The molecule has 0 heterocycles. The van der Waals surface area contributed by atoms with E-state index in [2.05, 4.69) is 0 Å². The Morgan fingerprint density at radius 3 is 2.08 bits per heavy atom. The highest BCUT2D eigenvalue weighted by Crippen LogP contribution is 2.11. The molecule has 1 atom stereocenters. The van der Waals surface area contributed by atoms with Crippen LogP contribution in [0.3, 0.4) is 0 Å². The average molecular weight is 210 g/mol. The second-order valence-corrected chi connectivity index (χ2v) is 4.70. The summed E-state index contributed by atoms with van der Waals surface area (Å²) in [6, 6.07) is 0. The number of nitrogens with two attached hydrogens (primary N) is 2. The fourth-order valence-electron chi connectivity index (χ4n) is 1.14. The average Bonchev–Trinajstić information content (AvgIpc) is 2.01. The van der Waals surface area contributed by atoms with E-state index >= 15 is 0 Å². The van der Waals surface area contributed by atoms with Gasteiger partial charge in [0.1, 0.15) is 0 Å². The molecule has 5 nitrogen and oxygen atoms in total. The molecule has 80 valence electrons. The molecule has 0 aliphatic carbocycles. The molecule has 6 heteroatoms. The van der Waals surface area contributed by atoms with E-state index in [1.807, 2.05) is 0 Å². The Kier molecular flexibility index (Phi) is 6.23. The van der Waals surface area contributed by atoms with Crippen molar-refractivity contribution in [3.8, 4) is 0 Å². The quantitative estimate of drug-likeness (QED) is 0.396. The first kappa shape index (κ1) is 12.8. The highest BCUT2D eigenvalue weighted by Gasteiger charge is 2.20. The van der Waals surface area contributed by atoms with Crippen molar-refractivity contribution < 1.29 is 13.0 Å². The maximum absolute atomic E-state index is 10.8. The van der Waals surface area contributed by atoms with Gasteiger partial charge in [0.25, 0.3) is 10.1 Å². The van der Waals surface area contributed by atoms with Crippen LogP contribution in [0.4, 0.5) is 0 Å². The Labute approximate surface area is 79.2 Å². The minimum atomic E-state index is -3.93. The zero-order chi connectivity index (χ0) is 10.3. The molecule has 0 saturated carbocycles. The Morgan fingerprint density at radius 2 is 1.69 bits per heavy atom. The lowest BCUT2D eigenvalue weighted by atomic mass is 10.1. The third-order valence-corrected chi connectivity index (χ3v) is 3.20. The fourth-order valence-corrected chi connectivity index (χ4v) is 2.04.